The predicted octanol–water partition coefficient (Wildman–Crippen LogP) is 3.90. The number of amides is 2. The van der Waals surface area contributed by atoms with Crippen LogP contribution in [-0.4, -0.2) is 58.8 Å². The van der Waals surface area contributed by atoms with Crippen molar-refractivity contribution in [3.8, 4) is 11.5 Å². The van der Waals surface area contributed by atoms with Crippen LogP contribution >= 0.6 is 27.7 Å². The molecule has 2 aromatic carbocycles. The van der Waals surface area contributed by atoms with E-state index in [0.717, 1.165) is 47.6 Å². The zero-order chi connectivity index (χ0) is 22.5. The molecule has 8 nitrogen and oxygen atoms in total. The summed E-state index contributed by atoms with van der Waals surface area (Å²) in [4.78, 5) is 27.9. The predicted molar refractivity (Wildman–Crippen MR) is 128 cm³/mol. The molecule has 0 unspecified atom stereocenters. The van der Waals surface area contributed by atoms with Crippen molar-refractivity contribution in [3.63, 3.8) is 0 Å². The highest BCUT2D eigenvalue weighted by Crippen LogP contribution is 2.25. The van der Waals surface area contributed by atoms with Gasteiger partial charge < -0.3 is 19.5 Å². The second-order valence-corrected chi connectivity index (χ2v) is 9.10. The molecule has 2 amide bonds. The Bertz CT molecular complexity index is 1080. The summed E-state index contributed by atoms with van der Waals surface area (Å²) < 4.78 is 6.60. The Hall–Kier alpha value is -2.85. The van der Waals surface area contributed by atoms with E-state index in [2.05, 4.69) is 36.3 Å². The van der Waals surface area contributed by atoms with Crippen molar-refractivity contribution >= 4 is 50.9 Å². The summed E-state index contributed by atoms with van der Waals surface area (Å²) in [5.41, 5.74) is 2.62. The first-order valence-electron chi connectivity index (χ1n) is 10.1. The third-order valence-electron chi connectivity index (χ3n) is 5.07. The number of anilines is 2. The Kier molecular flexibility index (Phi) is 7.11. The van der Waals surface area contributed by atoms with Gasteiger partial charge in [-0.25, -0.2) is 0 Å². The monoisotopic (exact) mass is 515 g/mol. The SMILES string of the molecule is CC(=O)N1CCN(c2ccc(NC(=O)CSc3nnc(-c4ccc(Br)cc4)o3)cc2)CC1. The molecule has 0 radical (unpaired) electrons. The number of piperazine rings is 1. The van der Waals surface area contributed by atoms with Gasteiger partial charge in [-0.3, -0.25) is 9.59 Å². The van der Waals surface area contributed by atoms with Crippen LogP contribution in [0.4, 0.5) is 11.4 Å². The highest BCUT2D eigenvalue weighted by Gasteiger charge is 2.18. The van der Waals surface area contributed by atoms with Crippen LogP contribution in [0.1, 0.15) is 6.92 Å². The molecule has 1 fully saturated rings. The zero-order valence-corrected chi connectivity index (χ0v) is 19.9. The molecule has 166 valence electrons. The number of halogens is 1. The van der Waals surface area contributed by atoms with Gasteiger partial charge in [0.1, 0.15) is 0 Å². The molecule has 1 aliphatic rings. The lowest BCUT2D eigenvalue weighted by atomic mass is 10.2. The zero-order valence-electron chi connectivity index (χ0n) is 17.5. The summed E-state index contributed by atoms with van der Waals surface area (Å²) in [6.45, 7) is 4.66. The average molecular weight is 516 g/mol. The molecular weight excluding hydrogens is 494 g/mol. The van der Waals surface area contributed by atoms with Crippen LogP contribution in [0.15, 0.2) is 62.6 Å². The van der Waals surface area contributed by atoms with Gasteiger partial charge in [0.2, 0.25) is 17.7 Å². The van der Waals surface area contributed by atoms with E-state index in [1.54, 1.807) is 6.92 Å². The molecule has 1 aromatic heterocycles. The molecule has 0 aliphatic carbocycles. The summed E-state index contributed by atoms with van der Waals surface area (Å²) in [5.74, 6) is 0.545. The summed E-state index contributed by atoms with van der Waals surface area (Å²) in [6, 6.07) is 15.3. The van der Waals surface area contributed by atoms with Crippen molar-refractivity contribution in [3.05, 3.63) is 53.0 Å². The van der Waals surface area contributed by atoms with E-state index >= 15 is 0 Å². The highest BCUT2D eigenvalue weighted by molar-refractivity contribution is 9.10. The quantitative estimate of drug-likeness (QED) is 0.497. The molecule has 1 saturated heterocycles. The number of rotatable bonds is 6. The maximum absolute atomic E-state index is 12.3. The second-order valence-electron chi connectivity index (χ2n) is 7.26. The average Bonchev–Trinajstić information content (AvgIpc) is 3.28. The van der Waals surface area contributed by atoms with Gasteiger partial charge in [-0.2, -0.15) is 0 Å². The fraction of sp³-hybridized carbons (Fsp3) is 0.273. The van der Waals surface area contributed by atoms with Crippen molar-refractivity contribution in [2.24, 2.45) is 0 Å². The number of aromatic nitrogens is 2. The Morgan fingerprint density at radius 2 is 1.72 bits per heavy atom. The molecular formula is C22H22BrN5O3S. The second kappa shape index (κ2) is 10.2. The lowest BCUT2D eigenvalue weighted by Crippen LogP contribution is -2.48. The van der Waals surface area contributed by atoms with Crippen LogP contribution in [0.2, 0.25) is 0 Å². The molecule has 2 heterocycles. The molecule has 0 saturated carbocycles. The normalized spacial score (nSPS) is 13.8. The molecule has 10 heteroatoms. The first-order chi connectivity index (χ1) is 15.5. The Balaban J connectivity index is 1.26. The maximum atomic E-state index is 12.3. The maximum Gasteiger partial charge on any atom is 0.277 e. The minimum Gasteiger partial charge on any atom is -0.411 e. The first-order valence-corrected chi connectivity index (χ1v) is 11.9. The van der Waals surface area contributed by atoms with Crippen LogP contribution in [-0.2, 0) is 9.59 Å². The lowest BCUT2D eigenvalue weighted by Gasteiger charge is -2.35. The molecule has 1 N–H and O–H groups in total. The van der Waals surface area contributed by atoms with Gasteiger partial charge in [0.25, 0.3) is 5.22 Å². The Morgan fingerprint density at radius 1 is 1.03 bits per heavy atom. The van der Waals surface area contributed by atoms with Crippen molar-refractivity contribution in [1.29, 1.82) is 0 Å². The molecule has 4 rings (SSSR count). The van der Waals surface area contributed by atoms with E-state index < -0.39 is 0 Å². The largest absolute Gasteiger partial charge is 0.411 e. The fourth-order valence-corrected chi connectivity index (χ4v) is 4.16. The van der Waals surface area contributed by atoms with Crippen LogP contribution in [0.25, 0.3) is 11.5 Å². The van der Waals surface area contributed by atoms with Gasteiger partial charge in [0.05, 0.1) is 5.75 Å². The van der Waals surface area contributed by atoms with E-state index in [1.807, 2.05) is 53.4 Å². The number of hydrogen-bond acceptors (Lipinski definition) is 7. The molecule has 32 heavy (non-hydrogen) atoms. The van der Waals surface area contributed by atoms with Crippen LogP contribution in [0, 0.1) is 0 Å². The van der Waals surface area contributed by atoms with E-state index in [4.69, 9.17) is 4.42 Å². The Labute approximate surface area is 198 Å². The molecule has 0 bridgehead atoms. The van der Waals surface area contributed by atoms with Crippen molar-refractivity contribution < 1.29 is 14.0 Å². The number of thioether (sulfide) groups is 1. The van der Waals surface area contributed by atoms with E-state index in [9.17, 15) is 9.59 Å². The van der Waals surface area contributed by atoms with E-state index in [1.165, 1.54) is 11.8 Å². The van der Waals surface area contributed by atoms with Crippen molar-refractivity contribution in [2.45, 2.75) is 12.1 Å². The van der Waals surface area contributed by atoms with Crippen LogP contribution in [0.3, 0.4) is 0 Å². The molecule has 0 spiro atoms. The number of hydrogen-bond donors (Lipinski definition) is 1. The first kappa shape index (κ1) is 22.3. The van der Waals surface area contributed by atoms with Crippen molar-refractivity contribution in [1.82, 2.24) is 15.1 Å². The summed E-state index contributed by atoms with van der Waals surface area (Å²) >= 11 is 4.58. The van der Waals surface area contributed by atoms with Gasteiger partial charge in [-0.1, -0.05) is 27.7 Å². The molecule has 1 aliphatic heterocycles. The Morgan fingerprint density at radius 3 is 2.38 bits per heavy atom. The van der Waals surface area contributed by atoms with Gasteiger partial charge >= 0.3 is 0 Å². The highest BCUT2D eigenvalue weighted by atomic mass is 79.9. The number of nitrogens with zero attached hydrogens (tertiary/aromatic N) is 4. The fourth-order valence-electron chi connectivity index (χ4n) is 3.34. The van der Waals surface area contributed by atoms with E-state index in [-0.39, 0.29) is 17.6 Å². The summed E-state index contributed by atoms with van der Waals surface area (Å²) in [6.07, 6.45) is 0. The molecule has 3 aromatic rings. The third-order valence-corrected chi connectivity index (χ3v) is 6.41. The van der Waals surface area contributed by atoms with Crippen LogP contribution < -0.4 is 10.2 Å². The summed E-state index contributed by atoms with van der Waals surface area (Å²) in [5, 5.41) is 11.3. The number of carbonyl (C=O) groups is 2. The molecule has 0 atom stereocenters. The van der Waals surface area contributed by atoms with Crippen LogP contribution in [0.5, 0.6) is 0 Å². The van der Waals surface area contributed by atoms with Gasteiger partial charge in [0, 0.05) is 54.5 Å². The van der Waals surface area contributed by atoms with Crippen molar-refractivity contribution in [2.75, 3.05) is 42.1 Å². The standard InChI is InChI=1S/C22H22BrN5O3S/c1-15(29)27-10-12-28(13-11-27)19-8-6-18(7-9-19)24-20(30)14-32-22-26-25-21(31-22)16-2-4-17(23)5-3-16/h2-9H,10-14H2,1H3,(H,24,30). The van der Waals surface area contributed by atoms with Gasteiger partial charge in [0.15, 0.2) is 0 Å². The third kappa shape index (κ3) is 5.68. The topological polar surface area (TPSA) is 91.6 Å². The lowest BCUT2D eigenvalue weighted by molar-refractivity contribution is -0.129. The van der Waals surface area contributed by atoms with Gasteiger partial charge in [-0.15, -0.1) is 10.2 Å². The number of carbonyl (C=O) groups excluding carboxylic acids is 2. The minimum atomic E-state index is -0.152. The van der Waals surface area contributed by atoms with E-state index in [0.29, 0.717) is 11.1 Å². The van der Waals surface area contributed by atoms with Gasteiger partial charge in [-0.05, 0) is 48.5 Å². The number of benzene rings is 2. The number of nitrogens with one attached hydrogen (secondary N) is 1. The summed E-state index contributed by atoms with van der Waals surface area (Å²) in [7, 11) is 0. The smallest absolute Gasteiger partial charge is 0.277 e. The minimum absolute atomic E-state index is 0.116.